The highest BCUT2D eigenvalue weighted by molar-refractivity contribution is 7.11. The largest absolute Gasteiger partial charge is 0.328 e. The van der Waals surface area contributed by atoms with Crippen LogP contribution in [0.25, 0.3) is 0 Å². The zero-order valence-electron chi connectivity index (χ0n) is 12.3. The van der Waals surface area contributed by atoms with E-state index >= 15 is 0 Å². The van der Waals surface area contributed by atoms with Crippen molar-refractivity contribution in [3.63, 3.8) is 0 Å². The Bertz CT molecular complexity index is 396. The van der Waals surface area contributed by atoms with Crippen LogP contribution in [-0.4, -0.2) is 42.1 Å². The minimum Gasteiger partial charge on any atom is -0.328 e. The van der Waals surface area contributed by atoms with E-state index in [1.54, 1.807) is 11.3 Å². The number of rotatable bonds is 5. The molecule has 1 aliphatic rings. The van der Waals surface area contributed by atoms with Gasteiger partial charge in [-0.2, -0.15) is 0 Å². The predicted molar refractivity (Wildman–Crippen MR) is 81.7 cm³/mol. The Morgan fingerprint density at radius 2 is 2.11 bits per heavy atom. The maximum Gasteiger partial charge on any atom is 0.0900 e. The van der Waals surface area contributed by atoms with E-state index in [1.807, 2.05) is 0 Å². The molecule has 0 saturated carbocycles. The maximum absolute atomic E-state index is 5.92. The average Bonchev–Trinajstić information content (AvgIpc) is 2.71. The molecule has 5 heteroatoms. The molecular formula is C14H26N4S. The molecule has 0 radical (unpaired) electrons. The zero-order valence-corrected chi connectivity index (χ0v) is 13.1. The van der Waals surface area contributed by atoms with Crippen LogP contribution in [0.2, 0.25) is 0 Å². The Labute approximate surface area is 120 Å². The number of nitrogens with zero attached hydrogens (tertiary/aromatic N) is 2. The van der Waals surface area contributed by atoms with Crippen LogP contribution in [0, 0.1) is 13.8 Å². The Balaban J connectivity index is 1.72. The highest BCUT2D eigenvalue weighted by atomic mass is 32.1. The third-order valence-corrected chi connectivity index (χ3v) is 5.10. The molecule has 1 aromatic rings. The Morgan fingerprint density at radius 3 is 2.68 bits per heavy atom. The van der Waals surface area contributed by atoms with Crippen LogP contribution in [0.4, 0.5) is 0 Å². The summed E-state index contributed by atoms with van der Waals surface area (Å²) >= 11 is 1.81. The molecule has 1 fully saturated rings. The molecule has 1 atom stereocenters. The van der Waals surface area contributed by atoms with Crippen molar-refractivity contribution < 1.29 is 0 Å². The van der Waals surface area contributed by atoms with E-state index in [0.717, 1.165) is 44.0 Å². The number of likely N-dealkylation sites (tertiary alicyclic amines) is 1. The fourth-order valence-electron chi connectivity index (χ4n) is 2.66. The fourth-order valence-corrected chi connectivity index (χ4v) is 3.61. The molecule has 19 heavy (non-hydrogen) atoms. The lowest BCUT2D eigenvalue weighted by atomic mass is 10.1. The second-order valence-corrected chi connectivity index (χ2v) is 6.77. The van der Waals surface area contributed by atoms with Gasteiger partial charge in [0.15, 0.2) is 0 Å². The maximum atomic E-state index is 5.92. The molecular weight excluding hydrogens is 256 g/mol. The molecule has 108 valence electrons. The summed E-state index contributed by atoms with van der Waals surface area (Å²) in [6.45, 7) is 10.9. The van der Waals surface area contributed by atoms with Crippen molar-refractivity contribution in [2.75, 3.05) is 26.2 Å². The summed E-state index contributed by atoms with van der Waals surface area (Å²) in [5, 5.41) is 4.77. The quantitative estimate of drug-likeness (QED) is 0.865. The molecule has 1 saturated heterocycles. The van der Waals surface area contributed by atoms with Gasteiger partial charge in [-0.3, -0.25) is 0 Å². The molecule has 2 rings (SSSR count). The Kier molecular flexibility index (Phi) is 5.33. The number of piperidine rings is 1. The number of nitrogens with two attached hydrogens (primary N) is 1. The first-order valence-corrected chi connectivity index (χ1v) is 8.03. The van der Waals surface area contributed by atoms with Gasteiger partial charge >= 0.3 is 0 Å². The van der Waals surface area contributed by atoms with Crippen LogP contribution in [0.5, 0.6) is 0 Å². The third-order valence-electron chi connectivity index (χ3n) is 3.84. The normalized spacial score (nSPS) is 19.8. The SMILES string of the molecule is Cc1nc(C)c(C(C)NCCN2CCC(N)CC2)s1. The Morgan fingerprint density at radius 1 is 1.42 bits per heavy atom. The summed E-state index contributed by atoms with van der Waals surface area (Å²) in [5.74, 6) is 0. The summed E-state index contributed by atoms with van der Waals surface area (Å²) in [7, 11) is 0. The molecule has 1 aromatic heterocycles. The third kappa shape index (κ3) is 4.24. The van der Waals surface area contributed by atoms with Crippen molar-refractivity contribution >= 4 is 11.3 Å². The van der Waals surface area contributed by atoms with E-state index in [0.29, 0.717) is 12.1 Å². The van der Waals surface area contributed by atoms with Gasteiger partial charge in [-0.25, -0.2) is 4.98 Å². The molecule has 1 aliphatic heterocycles. The summed E-state index contributed by atoms with van der Waals surface area (Å²) in [6, 6.07) is 0.823. The lowest BCUT2D eigenvalue weighted by Gasteiger charge is -2.30. The van der Waals surface area contributed by atoms with Crippen molar-refractivity contribution in [1.82, 2.24) is 15.2 Å². The molecule has 0 aromatic carbocycles. The molecule has 0 aliphatic carbocycles. The molecule has 2 heterocycles. The van der Waals surface area contributed by atoms with Crippen molar-refractivity contribution in [3.8, 4) is 0 Å². The van der Waals surface area contributed by atoms with Crippen LogP contribution < -0.4 is 11.1 Å². The molecule has 0 spiro atoms. The van der Waals surface area contributed by atoms with Gasteiger partial charge in [-0.05, 0) is 46.7 Å². The molecule has 4 nitrogen and oxygen atoms in total. The van der Waals surface area contributed by atoms with Crippen LogP contribution in [0.1, 0.15) is 41.4 Å². The van der Waals surface area contributed by atoms with E-state index in [4.69, 9.17) is 5.73 Å². The summed E-state index contributed by atoms with van der Waals surface area (Å²) in [4.78, 5) is 8.37. The summed E-state index contributed by atoms with van der Waals surface area (Å²) in [6.07, 6.45) is 2.28. The van der Waals surface area contributed by atoms with Crippen LogP contribution in [0.15, 0.2) is 0 Å². The highest BCUT2D eigenvalue weighted by Gasteiger charge is 2.16. The van der Waals surface area contributed by atoms with Gasteiger partial charge in [0.1, 0.15) is 0 Å². The summed E-state index contributed by atoms with van der Waals surface area (Å²) in [5.41, 5.74) is 7.09. The van der Waals surface area contributed by atoms with E-state index in [2.05, 4.69) is 36.0 Å². The monoisotopic (exact) mass is 282 g/mol. The second-order valence-electron chi connectivity index (χ2n) is 5.54. The van der Waals surface area contributed by atoms with Crippen LogP contribution >= 0.6 is 11.3 Å². The van der Waals surface area contributed by atoms with Gasteiger partial charge in [0.2, 0.25) is 0 Å². The highest BCUT2D eigenvalue weighted by Crippen LogP contribution is 2.24. The second kappa shape index (κ2) is 6.79. The van der Waals surface area contributed by atoms with Crippen molar-refractivity contribution in [1.29, 1.82) is 0 Å². The standard InChI is InChI=1S/C14H26N4S/c1-10(14-11(2)17-12(3)19-14)16-6-9-18-7-4-13(15)5-8-18/h10,13,16H,4-9,15H2,1-3H3. The number of aromatic nitrogens is 1. The first kappa shape index (κ1) is 14.9. The zero-order chi connectivity index (χ0) is 13.8. The number of hydrogen-bond acceptors (Lipinski definition) is 5. The number of nitrogens with one attached hydrogen (secondary N) is 1. The summed E-state index contributed by atoms with van der Waals surface area (Å²) < 4.78 is 0. The molecule has 3 N–H and O–H groups in total. The van der Waals surface area contributed by atoms with Crippen molar-refractivity contribution in [2.45, 2.75) is 45.7 Å². The fraction of sp³-hybridized carbons (Fsp3) is 0.786. The lowest BCUT2D eigenvalue weighted by Crippen LogP contribution is -2.42. The van der Waals surface area contributed by atoms with Gasteiger partial charge in [0, 0.05) is 30.1 Å². The van der Waals surface area contributed by atoms with Crippen molar-refractivity contribution in [2.24, 2.45) is 5.73 Å². The van der Waals surface area contributed by atoms with Crippen LogP contribution in [0.3, 0.4) is 0 Å². The van der Waals surface area contributed by atoms with Gasteiger partial charge in [-0.15, -0.1) is 11.3 Å². The topological polar surface area (TPSA) is 54.2 Å². The lowest BCUT2D eigenvalue weighted by molar-refractivity contribution is 0.212. The molecule has 1 unspecified atom stereocenters. The number of hydrogen-bond donors (Lipinski definition) is 2. The smallest absolute Gasteiger partial charge is 0.0900 e. The first-order valence-electron chi connectivity index (χ1n) is 7.21. The first-order chi connectivity index (χ1) is 9.06. The van der Waals surface area contributed by atoms with E-state index in [9.17, 15) is 0 Å². The minimum atomic E-state index is 0.401. The van der Waals surface area contributed by atoms with Gasteiger partial charge < -0.3 is 16.0 Å². The molecule has 0 amide bonds. The number of thiazole rings is 1. The number of aryl methyl sites for hydroxylation is 2. The van der Waals surface area contributed by atoms with Gasteiger partial charge in [0.25, 0.3) is 0 Å². The van der Waals surface area contributed by atoms with E-state index in [-0.39, 0.29) is 0 Å². The minimum absolute atomic E-state index is 0.401. The average molecular weight is 282 g/mol. The van der Waals surface area contributed by atoms with Gasteiger partial charge in [-0.1, -0.05) is 0 Å². The van der Waals surface area contributed by atoms with E-state index < -0.39 is 0 Å². The van der Waals surface area contributed by atoms with E-state index in [1.165, 1.54) is 10.6 Å². The Hall–Kier alpha value is -0.490. The van der Waals surface area contributed by atoms with Gasteiger partial charge in [0.05, 0.1) is 10.7 Å². The predicted octanol–water partition coefficient (Wildman–Crippen LogP) is 1.83. The van der Waals surface area contributed by atoms with Crippen LogP contribution in [-0.2, 0) is 0 Å². The molecule has 0 bridgehead atoms. The van der Waals surface area contributed by atoms with Crippen molar-refractivity contribution in [3.05, 3.63) is 15.6 Å².